The molecule has 1 aromatic heterocycles. The average molecular weight is 712 g/mol. The monoisotopic (exact) mass is 711 g/mol. The van der Waals surface area contributed by atoms with Crippen molar-refractivity contribution in [3.63, 3.8) is 0 Å². The van der Waals surface area contributed by atoms with Gasteiger partial charge in [0, 0.05) is 16.7 Å². The van der Waals surface area contributed by atoms with E-state index in [0.717, 1.165) is 34.2 Å². The molecule has 0 unspecified atom stereocenters. The quantitative estimate of drug-likeness (QED) is 0.182. The van der Waals surface area contributed by atoms with Gasteiger partial charge in [0.2, 0.25) is 0 Å². The number of hydrogen-bond donors (Lipinski definition) is 0. The van der Waals surface area contributed by atoms with Crippen LogP contribution in [0.5, 0.6) is 0 Å². The minimum absolute atomic E-state index is 0.434. The average Bonchev–Trinajstić information content (AvgIpc) is 3.90. The molecule has 0 amide bonds. The molecular formula is C53H33N3. The molecule has 0 saturated heterocycles. The zero-order valence-corrected chi connectivity index (χ0v) is 30.4. The molecule has 0 N–H and O–H groups in total. The van der Waals surface area contributed by atoms with E-state index in [1.54, 1.807) is 0 Å². The van der Waals surface area contributed by atoms with Crippen molar-refractivity contribution in [3.05, 3.63) is 221 Å². The smallest absolute Gasteiger partial charge is 0.165 e. The number of aromatic nitrogens is 3. The van der Waals surface area contributed by atoms with Crippen LogP contribution in [0.15, 0.2) is 188 Å². The van der Waals surface area contributed by atoms with Crippen molar-refractivity contribution >= 4 is 0 Å². The van der Waals surface area contributed by atoms with Crippen molar-refractivity contribution in [2.24, 2.45) is 0 Å². The van der Waals surface area contributed by atoms with Crippen molar-refractivity contribution in [3.8, 4) is 78.7 Å². The molecule has 3 heteroatoms. The van der Waals surface area contributed by atoms with E-state index in [1.807, 2.05) is 36.4 Å². The summed E-state index contributed by atoms with van der Waals surface area (Å²) < 4.78 is 0. The molecule has 0 radical (unpaired) electrons. The lowest BCUT2D eigenvalue weighted by molar-refractivity contribution is 0.794. The summed E-state index contributed by atoms with van der Waals surface area (Å²) in [6.45, 7) is 0. The fraction of sp³-hybridized carbons (Fsp3) is 0.0377. The molecule has 0 saturated carbocycles. The van der Waals surface area contributed by atoms with E-state index in [2.05, 4.69) is 152 Å². The topological polar surface area (TPSA) is 38.7 Å². The van der Waals surface area contributed by atoms with Crippen molar-refractivity contribution in [1.29, 1.82) is 0 Å². The molecule has 1 heterocycles. The molecule has 0 fully saturated rings. The first-order valence-electron chi connectivity index (χ1n) is 19.3. The van der Waals surface area contributed by atoms with Gasteiger partial charge in [-0.15, -0.1) is 0 Å². The third-order valence-corrected chi connectivity index (χ3v) is 12.2. The highest BCUT2D eigenvalue weighted by Gasteiger charge is 2.51. The molecule has 260 valence electrons. The number of benzene rings is 8. The Hall–Kier alpha value is -7.23. The van der Waals surface area contributed by atoms with Gasteiger partial charge in [-0.3, -0.25) is 0 Å². The van der Waals surface area contributed by atoms with E-state index in [0.29, 0.717) is 17.5 Å². The van der Waals surface area contributed by atoms with Gasteiger partial charge in [-0.25, -0.2) is 15.0 Å². The molecule has 0 bridgehead atoms. The first-order chi connectivity index (χ1) is 27.8. The lowest BCUT2D eigenvalue weighted by atomic mass is 9.70. The van der Waals surface area contributed by atoms with Crippen molar-refractivity contribution in [1.82, 2.24) is 15.0 Å². The van der Waals surface area contributed by atoms with Crippen LogP contribution >= 0.6 is 0 Å². The molecule has 9 aromatic rings. The lowest BCUT2D eigenvalue weighted by Crippen LogP contribution is -2.25. The van der Waals surface area contributed by atoms with Crippen LogP contribution in [0.3, 0.4) is 0 Å². The van der Waals surface area contributed by atoms with E-state index in [1.165, 1.54) is 66.8 Å². The standard InChI is InChI=1S/C53H33N3/c1-3-15-33(16-4-1)50-54-51(34-17-5-2-6-18-34)56-52(55-50)49-38(29-30-39-37-20-8-7-19-35(37)31-44(39)49)36-27-28-43-42-23-11-14-26-47(42)53(48(43)32-36)45-24-12-9-21-40(45)41-22-10-13-25-46(41)53/h1-30,32H,31H2. The van der Waals surface area contributed by atoms with Crippen molar-refractivity contribution in [2.75, 3.05) is 0 Å². The van der Waals surface area contributed by atoms with Crippen LogP contribution in [0.2, 0.25) is 0 Å². The van der Waals surface area contributed by atoms with Crippen LogP contribution in [0.25, 0.3) is 78.7 Å². The third-order valence-electron chi connectivity index (χ3n) is 12.2. The largest absolute Gasteiger partial charge is 0.208 e. The van der Waals surface area contributed by atoms with Crippen LogP contribution in [0.4, 0.5) is 0 Å². The summed E-state index contributed by atoms with van der Waals surface area (Å²) in [6, 6.07) is 68.1. The van der Waals surface area contributed by atoms with Gasteiger partial charge in [0.1, 0.15) is 0 Å². The Kier molecular flexibility index (Phi) is 6.61. The molecule has 0 aliphatic heterocycles. The van der Waals surface area contributed by atoms with E-state index < -0.39 is 5.41 Å². The highest BCUT2D eigenvalue weighted by Crippen LogP contribution is 2.63. The van der Waals surface area contributed by atoms with Gasteiger partial charge in [-0.2, -0.15) is 0 Å². The van der Waals surface area contributed by atoms with E-state index in [9.17, 15) is 0 Å². The minimum Gasteiger partial charge on any atom is -0.208 e. The van der Waals surface area contributed by atoms with Crippen LogP contribution in [-0.2, 0) is 11.8 Å². The molecule has 3 nitrogen and oxygen atoms in total. The highest BCUT2D eigenvalue weighted by molar-refractivity contribution is 5.98. The molecular weight excluding hydrogens is 679 g/mol. The Labute approximate surface area is 325 Å². The molecule has 8 aromatic carbocycles. The normalized spacial score (nSPS) is 13.4. The predicted molar refractivity (Wildman–Crippen MR) is 226 cm³/mol. The maximum atomic E-state index is 5.34. The first kappa shape index (κ1) is 31.2. The van der Waals surface area contributed by atoms with Gasteiger partial charge in [-0.05, 0) is 90.4 Å². The zero-order chi connectivity index (χ0) is 36.8. The Morgan fingerprint density at radius 2 is 0.768 bits per heavy atom. The predicted octanol–water partition coefficient (Wildman–Crippen LogP) is 12.5. The molecule has 12 rings (SSSR count). The molecule has 3 aliphatic rings. The van der Waals surface area contributed by atoms with E-state index in [4.69, 9.17) is 15.0 Å². The van der Waals surface area contributed by atoms with Gasteiger partial charge < -0.3 is 0 Å². The summed E-state index contributed by atoms with van der Waals surface area (Å²) >= 11 is 0. The summed E-state index contributed by atoms with van der Waals surface area (Å²) in [5, 5.41) is 0. The summed E-state index contributed by atoms with van der Waals surface area (Å²) in [7, 11) is 0. The lowest BCUT2D eigenvalue weighted by Gasteiger charge is -2.30. The summed E-state index contributed by atoms with van der Waals surface area (Å²) in [6.07, 6.45) is 0.808. The van der Waals surface area contributed by atoms with Crippen LogP contribution in [0, 0.1) is 0 Å². The number of rotatable bonds is 4. The summed E-state index contributed by atoms with van der Waals surface area (Å²) in [5.74, 6) is 2.01. The number of fused-ring (bicyclic) bond motifs is 13. The molecule has 56 heavy (non-hydrogen) atoms. The Balaban J connectivity index is 1.15. The zero-order valence-electron chi connectivity index (χ0n) is 30.4. The number of nitrogens with zero attached hydrogens (tertiary/aromatic N) is 3. The van der Waals surface area contributed by atoms with Crippen LogP contribution in [-0.4, -0.2) is 15.0 Å². The molecule has 0 atom stereocenters. The molecule has 3 aliphatic carbocycles. The first-order valence-corrected chi connectivity index (χ1v) is 19.3. The third kappa shape index (κ3) is 4.31. The second-order valence-corrected chi connectivity index (χ2v) is 15.0. The maximum absolute atomic E-state index is 5.34. The van der Waals surface area contributed by atoms with Gasteiger partial charge in [0.25, 0.3) is 0 Å². The van der Waals surface area contributed by atoms with Gasteiger partial charge in [0.15, 0.2) is 17.5 Å². The van der Waals surface area contributed by atoms with E-state index >= 15 is 0 Å². The fourth-order valence-corrected chi connectivity index (χ4v) is 9.89. The van der Waals surface area contributed by atoms with Gasteiger partial charge in [-0.1, -0.05) is 182 Å². The van der Waals surface area contributed by atoms with Gasteiger partial charge >= 0.3 is 0 Å². The second kappa shape index (κ2) is 11.9. The van der Waals surface area contributed by atoms with Crippen molar-refractivity contribution < 1.29 is 0 Å². The number of hydrogen-bond acceptors (Lipinski definition) is 3. The van der Waals surface area contributed by atoms with Crippen LogP contribution in [0.1, 0.15) is 33.4 Å². The highest BCUT2D eigenvalue weighted by atomic mass is 15.0. The summed E-state index contributed by atoms with van der Waals surface area (Å²) in [5.41, 5.74) is 20.4. The fourth-order valence-electron chi connectivity index (χ4n) is 9.89. The minimum atomic E-state index is -0.434. The summed E-state index contributed by atoms with van der Waals surface area (Å²) in [4.78, 5) is 15.8. The second-order valence-electron chi connectivity index (χ2n) is 15.0. The molecule has 1 spiro atoms. The Bertz CT molecular complexity index is 2930. The Morgan fingerprint density at radius 3 is 1.36 bits per heavy atom. The van der Waals surface area contributed by atoms with Gasteiger partial charge in [0.05, 0.1) is 5.41 Å². The van der Waals surface area contributed by atoms with Crippen molar-refractivity contribution in [2.45, 2.75) is 11.8 Å². The van der Waals surface area contributed by atoms with Crippen LogP contribution < -0.4 is 0 Å². The SMILES string of the molecule is c1ccc(-c2nc(-c3ccccc3)nc(-c3c(-c4ccc5c(c4)C4(c6ccccc6-c6ccccc64)c4ccccc4-5)ccc4c3Cc3ccccc3-4)n2)cc1. The Morgan fingerprint density at radius 1 is 0.321 bits per heavy atom. The van der Waals surface area contributed by atoms with E-state index in [-0.39, 0.29) is 0 Å². The maximum Gasteiger partial charge on any atom is 0.165 e.